The molecule has 1 aliphatic rings. The number of ether oxygens (including phenoxy) is 3. The van der Waals surface area contributed by atoms with Gasteiger partial charge in [0.15, 0.2) is 11.5 Å². The van der Waals surface area contributed by atoms with Gasteiger partial charge in [-0.15, -0.1) is 0 Å². The zero-order valence-corrected chi connectivity index (χ0v) is 16.0. The quantitative estimate of drug-likeness (QED) is 0.520. The summed E-state index contributed by atoms with van der Waals surface area (Å²) in [5.74, 6) is 2.86. The summed E-state index contributed by atoms with van der Waals surface area (Å²) in [6.45, 7) is 2.35. The average molecular weight is 389 g/mol. The highest BCUT2D eigenvalue weighted by atomic mass is 16.7. The lowest BCUT2D eigenvalue weighted by atomic mass is 10.1. The smallest absolute Gasteiger partial charge is 0.231 e. The topological polar surface area (TPSA) is 76.2 Å². The van der Waals surface area contributed by atoms with Crippen molar-refractivity contribution >= 4 is 0 Å². The maximum atomic E-state index is 5.59. The molecule has 0 bridgehead atoms. The lowest BCUT2D eigenvalue weighted by molar-refractivity contribution is 0.174. The van der Waals surface area contributed by atoms with Crippen molar-refractivity contribution in [3.63, 3.8) is 0 Å². The van der Waals surface area contributed by atoms with Crippen LogP contribution in [0.3, 0.4) is 0 Å². The molecule has 0 saturated carbocycles. The molecule has 0 saturated heterocycles. The highest BCUT2D eigenvalue weighted by Crippen LogP contribution is 2.42. The van der Waals surface area contributed by atoms with Crippen molar-refractivity contribution in [3.8, 4) is 34.3 Å². The molecule has 0 aliphatic carbocycles. The fraction of sp³-hybridized carbons (Fsp3) is 0.190. The monoisotopic (exact) mass is 389 g/mol. The van der Waals surface area contributed by atoms with E-state index in [0.29, 0.717) is 17.2 Å². The Hall–Kier alpha value is -3.81. The van der Waals surface area contributed by atoms with Gasteiger partial charge in [-0.2, -0.15) is 5.10 Å². The summed E-state index contributed by atoms with van der Waals surface area (Å²) in [5.41, 5.74) is 2.96. The number of hydrogen-bond acceptors (Lipinski definition) is 6. The van der Waals surface area contributed by atoms with E-state index in [1.54, 1.807) is 24.3 Å². The molecule has 2 aromatic carbocycles. The molecule has 0 spiro atoms. The zero-order valence-electron chi connectivity index (χ0n) is 16.0. The Labute approximate surface area is 167 Å². The standard InChI is InChI=1S/C21H19N5O3/c1-14(15-3-5-16(6-4-15)26-12-22-11-24-26)25-8-7-23-21(25)17-9-19-20(29-13-28-19)10-18(17)27-2/h3-12,14H,13H2,1-2H3. The normalized spacial score (nSPS) is 13.4. The van der Waals surface area contributed by atoms with E-state index in [-0.39, 0.29) is 12.8 Å². The molecule has 3 heterocycles. The van der Waals surface area contributed by atoms with Crippen LogP contribution in [0, 0.1) is 0 Å². The number of benzene rings is 2. The first-order chi connectivity index (χ1) is 14.2. The number of fused-ring (bicyclic) bond motifs is 1. The van der Waals surface area contributed by atoms with Gasteiger partial charge in [0.05, 0.1) is 24.4 Å². The second-order valence-corrected chi connectivity index (χ2v) is 6.67. The van der Waals surface area contributed by atoms with E-state index in [0.717, 1.165) is 22.6 Å². The molecule has 29 heavy (non-hydrogen) atoms. The Balaban J connectivity index is 1.51. The number of nitrogens with zero attached hydrogens (tertiary/aromatic N) is 5. The van der Waals surface area contributed by atoms with E-state index < -0.39 is 0 Å². The molecule has 0 amide bonds. The third-order valence-corrected chi connectivity index (χ3v) is 5.08. The van der Waals surface area contributed by atoms with Crippen molar-refractivity contribution in [1.29, 1.82) is 0 Å². The lowest BCUT2D eigenvalue weighted by Crippen LogP contribution is -2.08. The van der Waals surface area contributed by atoms with Crippen LogP contribution in [0.15, 0.2) is 61.4 Å². The minimum absolute atomic E-state index is 0.0624. The SMILES string of the molecule is COc1cc2c(cc1-c1nccn1C(C)c1ccc(-n3cncn3)cc1)OCO2. The lowest BCUT2D eigenvalue weighted by Gasteiger charge is -2.18. The first-order valence-electron chi connectivity index (χ1n) is 9.20. The molecule has 2 aromatic heterocycles. The van der Waals surface area contributed by atoms with E-state index >= 15 is 0 Å². The van der Waals surface area contributed by atoms with Gasteiger partial charge in [-0.25, -0.2) is 14.6 Å². The van der Waals surface area contributed by atoms with Gasteiger partial charge >= 0.3 is 0 Å². The molecule has 4 aromatic rings. The Morgan fingerprint density at radius 1 is 1.10 bits per heavy atom. The number of hydrogen-bond donors (Lipinski definition) is 0. The first-order valence-corrected chi connectivity index (χ1v) is 9.20. The highest BCUT2D eigenvalue weighted by Gasteiger charge is 2.22. The van der Waals surface area contributed by atoms with Crippen LogP contribution in [0.5, 0.6) is 17.2 Å². The van der Waals surface area contributed by atoms with Gasteiger partial charge in [0.1, 0.15) is 24.2 Å². The van der Waals surface area contributed by atoms with Crippen LogP contribution in [0.2, 0.25) is 0 Å². The van der Waals surface area contributed by atoms with Crippen LogP contribution in [0.4, 0.5) is 0 Å². The molecule has 1 atom stereocenters. The first kappa shape index (κ1) is 17.3. The molecule has 0 fully saturated rings. The van der Waals surface area contributed by atoms with E-state index in [9.17, 15) is 0 Å². The van der Waals surface area contributed by atoms with Crippen molar-refractivity contribution in [2.75, 3.05) is 13.9 Å². The van der Waals surface area contributed by atoms with Crippen molar-refractivity contribution < 1.29 is 14.2 Å². The second kappa shape index (κ2) is 6.97. The van der Waals surface area contributed by atoms with Crippen molar-refractivity contribution in [3.05, 3.63) is 67.0 Å². The molecule has 8 heteroatoms. The predicted octanol–water partition coefficient (Wildman–Crippen LogP) is 3.48. The van der Waals surface area contributed by atoms with Gasteiger partial charge in [-0.3, -0.25) is 0 Å². The van der Waals surface area contributed by atoms with Gasteiger partial charge in [0.25, 0.3) is 0 Å². The van der Waals surface area contributed by atoms with E-state index in [2.05, 4.69) is 38.7 Å². The predicted molar refractivity (Wildman–Crippen MR) is 106 cm³/mol. The van der Waals surface area contributed by atoms with Gasteiger partial charge in [0.2, 0.25) is 6.79 Å². The third kappa shape index (κ3) is 2.98. The molecular formula is C21H19N5O3. The largest absolute Gasteiger partial charge is 0.496 e. The molecule has 146 valence electrons. The minimum Gasteiger partial charge on any atom is -0.496 e. The fourth-order valence-electron chi connectivity index (χ4n) is 3.51. The summed E-state index contributed by atoms with van der Waals surface area (Å²) in [6.07, 6.45) is 6.96. The number of aromatic nitrogens is 5. The number of rotatable bonds is 5. The molecule has 1 unspecified atom stereocenters. The molecule has 1 aliphatic heterocycles. The Kier molecular flexibility index (Phi) is 4.16. The van der Waals surface area contributed by atoms with E-state index in [1.165, 1.54) is 6.33 Å². The summed E-state index contributed by atoms with van der Waals surface area (Å²) in [5, 5.41) is 4.17. The summed E-state index contributed by atoms with van der Waals surface area (Å²) >= 11 is 0. The Bertz CT molecular complexity index is 1140. The molecule has 0 radical (unpaired) electrons. The van der Waals surface area contributed by atoms with Crippen molar-refractivity contribution in [2.45, 2.75) is 13.0 Å². The molecule has 5 rings (SSSR count). The van der Waals surface area contributed by atoms with Gasteiger partial charge in [-0.1, -0.05) is 12.1 Å². The van der Waals surface area contributed by atoms with E-state index in [1.807, 2.05) is 30.5 Å². The average Bonchev–Trinajstić information content (AvgIpc) is 3.53. The van der Waals surface area contributed by atoms with Crippen LogP contribution in [0.1, 0.15) is 18.5 Å². The maximum Gasteiger partial charge on any atom is 0.231 e. The van der Waals surface area contributed by atoms with E-state index in [4.69, 9.17) is 14.2 Å². The number of imidazole rings is 1. The van der Waals surface area contributed by atoms with Gasteiger partial charge in [0, 0.05) is 18.5 Å². The summed E-state index contributed by atoms with van der Waals surface area (Å²) in [6, 6.07) is 12.0. The third-order valence-electron chi connectivity index (χ3n) is 5.08. The molecule has 8 nitrogen and oxygen atoms in total. The molecular weight excluding hydrogens is 370 g/mol. The maximum absolute atomic E-state index is 5.59. The second-order valence-electron chi connectivity index (χ2n) is 6.67. The number of methoxy groups -OCH3 is 1. The fourth-order valence-corrected chi connectivity index (χ4v) is 3.51. The summed E-state index contributed by atoms with van der Waals surface area (Å²) in [7, 11) is 1.64. The Morgan fingerprint density at radius 3 is 2.62 bits per heavy atom. The Morgan fingerprint density at radius 2 is 1.90 bits per heavy atom. The highest BCUT2D eigenvalue weighted by molar-refractivity contribution is 5.70. The van der Waals surface area contributed by atoms with Gasteiger partial charge in [-0.05, 0) is 30.7 Å². The van der Waals surface area contributed by atoms with Crippen LogP contribution >= 0.6 is 0 Å². The minimum atomic E-state index is 0.0624. The van der Waals surface area contributed by atoms with Crippen LogP contribution in [0.25, 0.3) is 17.1 Å². The van der Waals surface area contributed by atoms with Crippen molar-refractivity contribution in [2.24, 2.45) is 0 Å². The van der Waals surface area contributed by atoms with Gasteiger partial charge < -0.3 is 18.8 Å². The summed E-state index contributed by atoms with van der Waals surface area (Å²) in [4.78, 5) is 8.58. The van der Waals surface area contributed by atoms with Crippen LogP contribution in [-0.2, 0) is 0 Å². The summed E-state index contributed by atoms with van der Waals surface area (Å²) < 4.78 is 20.4. The van der Waals surface area contributed by atoms with Crippen LogP contribution in [-0.4, -0.2) is 38.2 Å². The van der Waals surface area contributed by atoms with Crippen LogP contribution < -0.4 is 14.2 Å². The van der Waals surface area contributed by atoms with Crippen molar-refractivity contribution in [1.82, 2.24) is 24.3 Å². The molecule has 0 N–H and O–H groups in total. The zero-order chi connectivity index (χ0) is 19.8.